The van der Waals surface area contributed by atoms with Gasteiger partial charge in [0.15, 0.2) is 11.5 Å². The molecule has 6 nitrogen and oxygen atoms in total. The van der Waals surface area contributed by atoms with Gasteiger partial charge in [-0.1, -0.05) is 12.1 Å². The van der Waals surface area contributed by atoms with E-state index in [9.17, 15) is 4.39 Å². The lowest BCUT2D eigenvalue weighted by molar-refractivity contribution is 0.545. The number of benzene rings is 1. The fourth-order valence-electron chi connectivity index (χ4n) is 1.91. The number of rotatable bonds is 4. The zero-order valence-electron chi connectivity index (χ0n) is 10.8. The van der Waals surface area contributed by atoms with Crippen LogP contribution in [0.3, 0.4) is 0 Å². The minimum absolute atomic E-state index is 0.311. The summed E-state index contributed by atoms with van der Waals surface area (Å²) in [6.07, 6.45) is 0.670. The molecule has 102 valence electrons. The highest BCUT2D eigenvalue weighted by atomic mass is 19.1. The Bertz CT molecular complexity index is 721. The summed E-state index contributed by atoms with van der Waals surface area (Å²) in [5.74, 6) is 0.405. The largest absolute Gasteiger partial charge is 0.388 e. The van der Waals surface area contributed by atoms with E-state index in [0.29, 0.717) is 23.5 Å². The van der Waals surface area contributed by atoms with Crippen molar-refractivity contribution >= 4 is 22.7 Å². The van der Waals surface area contributed by atoms with Crippen LogP contribution in [0.1, 0.15) is 5.56 Å². The maximum absolute atomic E-state index is 13.3. The molecule has 0 aliphatic heterocycles. The zero-order valence-corrected chi connectivity index (χ0v) is 10.8. The Morgan fingerprint density at radius 3 is 2.75 bits per heavy atom. The van der Waals surface area contributed by atoms with Crippen LogP contribution in [0.15, 0.2) is 30.6 Å². The molecule has 0 spiro atoms. The summed E-state index contributed by atoms with van der Waals surface area (Å²) in [5, 5.41) is 6.14. The van der Waals surface area contributed by atoms with E-state index < -0.39 is 6.08 Å². The van der Waals surface area contributed by atoms with E-state index in [1.165, 1.54) is 6.33 Å². The highest BCUT2D eigenvalue weighted by Crippen LogP contribution is 2.17. The van der Waals surface area contributed by atoms with Gasteiger partial charge in [0, 0.05) is 19.3 Å². The van der Waals surface area contributed by atoms with Gasteiger partial charge < -0.3 is 15.6 Å². The first-order valence-corrected chi connectivity index (χ1v) is 6.13. The molecule has 7 heteroatoms. The summed E-state index contributed by atoms with van der Waals surface area (Å²) in [4.78, 5) is 14.2. The van der Waals surface area contributed by atoms with Gasteiger partial charge in [-0.2, -0.15) is 14.4 Å². The number of hydrogen-bond donors (Lipinski definition) is 3. The van der Waals surface area contributed by atoms with Gasteiger partial charge in [0.1, 0.15) is 5.52 Å². The first-order chi connectivity index (χ1) is 9.76. The first-order valence-electron chi connectivity index (χ1n) is 6.13. The van der Waals surface area contributed by atoms with E-state index in [-0.39, 0.29) is 0 Å². The Labute approximate surface area is 114 Å². The normalized spacial score (nSPS) is 10.7. The number of aromatic amines is 1. The molecule has 0 aliphatic carbocycles. The highest BCUT2D eigenvalue weighted by Gasteiger charge is 2.09. The lowest BCUT2D eigenvalue weighted by Crippen LogP contribution is -2.04. The number of fused-ring (bicyclic) bond motifs is 1. The molecular formula is C13H13FN6. The van der Waals surface area contributed by atoms with Gasteiger partial charge in [0.05, 0.1) is 6.33 Å². The van der Waals surface area contributed by atoms with Gasteiger partial charge in [-0.15, -0.1) is 0 Å². The van der Waals surface area contributed by atoms with Crippen LogP contribution in [-0.4, -0.2) is 27.0 Å². The van der Waals surface area contributed by atoms with Crippen LogP contribution in [0, 0.1) is 6.08 Å². The van der Waals surface area contributed by atoms with Crippen molar-refractivity contribution in [2.45, 2.75) is 6.54 Å². The van der Waals surface area contributed by atoms with E-state index in [2.05, 4.69) is 30.6 Å². The molecule has 0 saturated heterocycles. The molecule has 1 aromatic carbocycles. The molecule has 0 atom stereocenters. The molecule has 0 amide bonds. The number of H-pyrrole nitrogens is 1. The molecule has 2 heterocycles. The summed E-state index contributed by atoms with van der Waals surface area (Å²) in [5.41, 5.74) is 3.01. The number of imidazole rings is 1. The molecule has 2 aromatic heterocycles. The second kappa shape index (κ2) is 5.12. The number of anilines is 2. The Kier molecular flexibility index (Phi) is 3.16. The average molecular weight is 272 g/mol. The molecule has 20 heavy (non-hydrogen) atoms. The van der Waals surface area contributed by atoms with E-state index in [0.717, 1.165) is 11.3 Å². The summed E-state index contributed by atoms with van der Waals surface area (Å²) >= 11 is 0. The molecule has 3 rings (SSSR count). The maximum atomic E-state index is 13.3. The fourth-order valence-corrected chi connectivity index (χ4v) is 1.91. The Hall–Kier alpha value is -2.70. The summed E-state index contributed by atoms with van der Waals surface area (Å²) in [6, 6.07) is 7.92. The van der Waals surface area contributed by atoms with Crippen LogP contribution in [0.2, 0.25) is 0 Å². The van der Waals surface area contributed by atoms with Crippen molar-refractivity contribution in [2.75, 3.05) is 17.7 Å². The van der Waals surface area contributed by atoms with Crippen molar-refractivity contribution in [1.82, 2.24) is 19.9 Å². The van der Waals surface area contributed by atoms with E-state index in [4.69, 9.17) is 0 Å². The molecule has 0 saturated carbocycles. The number of aromatic nitrogens is 4. The van der Waals surface area contributed by atoms with E-state index >= 15 is 0 Å². The first kappa shape index (κ1) is 12.3. The molecule has 0 bridgehead atoms. The minimum Gasteiger partial charge on any atom is -0.388 e. The van der Waals surface area contributed by atoms with Crippen molar-refractivity contribution in [3.05, 3.63) is 42.2 Å². The quantitative estimate of drug-likeness (QED) is 0.634. The highest BCUT2D eigenvalue weighted by molar-refractivity contribution is 5.81. The molecule has 0 aliphatic rings. The summed E-state index contributed by atoms with van der Waals surface area (Å²) in [6.45, 7) is 0.536. The van der Waals surface area contributed by atoms with Gasteiger partial charge in [-0.3, -0.25) is 0 Å². The van der Waals surface area contributed by atoms with Crippen LogP contribution in [0.4, 0.5) is 15.9 Å². The van der Waals surface area contributed by atoms with Crippen LogP contribution >= 0.6 is 0 Å². The third kappa shape index (κ3) is 2.37. The maximum Gasteiger partial charge on any atom is 0.312 e. The standard InChI is InChI=1S/C13H13FN6/c1-15-9-4-2-8(3-5-9)6-16-11-10-12(18-7-17-10)20-13(14)19-11/h2-5,7,15H,6H2,1H3,(H2,16,17,18,19,20). The van der Waals surface area contributed by atoms with Gasteiger partial charge in [-0.05, 0) is 17.7 Å². The van der Waals surface area contributed by atoms with Crippen LogP contribution in [0.25, 0.3) is 11.2 Å². The predicted octanol–water partition coefficient (Wildman–Crippen LogP) is 2.15. The van der Waals surface area contributed by atoms with Crippen LogP contribution in [0.5, 0.6) is 0 Å². The van der Waals surface area contributed by atoms with E-state index in [1.54, 1.807) is 0 Å². The second-order valence-electron chi connectivity index (χ2n) is 4.24. The lowest BCUT2D eigenvalue weighted by atomic mass is 10.2. The van der Waals surface area contributed by atoms with Crippen molar-refractivity contribution in [3.8, 4) is 0 Å². The van der Waals surface area contributed by atoms with Gasteiger partial charge >= 0.3 is 6.08 Å². The van der Waals surface area contributed by atoms with Crippen LogP contribution < -0.4 is 10.6 Å². The topological polar surface area (TPSA) is 78.5 Å². The van der Waals surface area contributed by atoms with Gasteiger partial charge in [-0.25, -0.2) is 4.98 Å². The number of hydrogen-bond acceptors (Lipinski definition) is 5. The second-order valence-corrected chi connectivity index (χ2v) is 4.24. The summed E-state index contributed by atoms with van der Waals surface area (Å²) in [7, 11) is 1.87. The van der Waals surface area contributed by atoms with Gasteiger partial charge in [0.2, 0.25) is 0 Å². The lowest BCUT2D eigenvalue weighted by Gasteiger charge is -2.07. The van der Waals surface area contributed by atoms with Crippen molar-refractivity contribution in [2.24, 2.45) is 0 Å². The van der Waals surface area contributed by atoms with Gasteiger partial charge in [0.25, 0.3) is 0 Å². The Balaban J connectivity index is 1.80. The Morgan fingerprint density at radius 2 is 2.00 bits per heavy atom. The molecule has 0 radical (unpaired) electrons. The third-order valence-electron chi connectivity index (χ3n) is 2.96. The third-order valence-corrected chi connectivity index (χ3v) is 2.96. The SMILES string of the molecule is CNc1ccc(CNc2nc(F)nc3nc[nH]c23)cc1. The monoisotopic (exact) mass is 272 g/mol. The predicted molar refractivity (Wildman–Crippen MR) is 75.0 cm³/mol. The zero-order chi connectivity index (χ0) is 13.9. The average Bonchev–Trinajstić information content (AvgIpc) is 2.93. The number of nitrogens with one attached hydrogen (secondary N) is 3. The van der Waals surface area contributed by atoms with Crippen molar-refractivity contribution in [1.29, 1.82) is 0 Å². The molecule has 0 fully saturated rings. The number of halogens is 1. The number of nitrogens with zero attached hydrogens (tertiary/aromatic N) is 3. The van der Waals surface area contributed by atoms with Crippen molar-refractivity contribution in [3.63, 3.8) is 0 Å². The van der Waals surface area contributed by atoms with E-state index in [1.807, 2.05) is 31.3 Å². The molecule has 3 N–H and O–H groups in total. The minimum atomic E-state index is -0.794. The summed E-state index contributed by atoms with van der Waals surface area (Å²) < 4.78 is 13.3. The van der Waals surface area contributed by atoms with Crippen molar-refractivity contribution < 1.29 is 4.39 Å². The Morgan fingerprint density at radius 1 is 1.20 bits per heavy atom. The smallest absolute Gasteiger partial charge is 0.312 e. The molecule has 0 unspecified atom stereocenters. The fraction of sp³-hybridized carbons (Fsp3) is 0.154. The molecule has 3 aromatic rings. The molecular weight excluding hydrogens is 259 g/mol. The van der Waals surface area contributed by atoms with Crippen LogP contribution in [-0.2, 0) is 6.54 Å².